The van der Waals surface area contributed by atoms with Crippen LogP contribution >= 0.6 is 0 Å². The molecule has 0 saturated heterocycles. The van der Waals surface area contributed by atoms with Crippen LogP contribution in [-0.2, 0) is 11.4 Å². The Hall–Kier alpha value is -1.43. The summed E-state index contributed by atoms with van der Waals surface area (Å²) in [5, 5.41) is 18.1. The van der Waals surface area contributed by atoms with Crippen LogP contribution < -0.4 is 8.37 Å². The Kier molecular flexibility index (Phi) is 1.37. The van der Waals surface area contributed by atoms with Crippen molar-refractivity contribution in [2.45, 2.75) is 0 Å². The normalized spacial score (nSPS) is 19.5. The van der Waals surface area contributed by atoms with Crippen LogP contribution in [0.4, 0.5) is 0 Å². The Morgan fingerprint density at radius 3 is 2.75 bits per heavy atom. The van der Waals surface area contributed by atoms with Gasteiger partial charge in [-0.15, -0.1) is 0 Å². The third kappa shape index (κ3) is 0.884. The molecule has 1 aliphatic heterocycles. The minimum Gasteiger partial charge on any atom is -0.504 e. The van der Waals surface area contributed by atoms with E-state index in [0.717, 1.165) is 0 Å². The van der Waals surface area contributed by atoms with Crippen LogP contribution in [0.3, 0.4) is 0 Å². The molecule has 0 amide bonds. The summed E-state index contributed by atoms with van der Waals surface area (Å²) in [6.07, 6.45) is 0. The number of hydrogen-bond donors (Lipinski definition) is 2. The highest BCUT2D eigenvalue weighted by Gasteiger charge is 2.26. The van der Waals surface area contributed by atoms with Crippen LogP contribution in [-0.4, -0.2) is 14.4 Å². The van der Waals surface area contributed by atoms with Crippen LogP contribution in [0.1, 0.15) is 0 Å². The van der Waals surface area contributed by atoms with Gasteiger partial charge in [0.15, 0.2) is 11.5 Å². The molecule has 1 heterocycles. The second-order valence-electron chi connectivity index (χ2n) is 2.13. The lowest BCUT2D eigenvalue weighted by Gasteiger charge is -1.98. The first-order valence-corrected chi connectivity index (χ1v) is 4.02. The first-order valence-electron chi connectivity index (χ1n) is 3.02. The highest BCUT2D eigenvalue weighted by molar-refractivity contribution is 7.76. The van der Waals surface area contributed by atoms with Gasteiger partial charge in [0.05, 0.1) is 0 Å². The molecule has 1 aromatic carbocycles. The first kappa shape index (κ1) is 7.23. The van der Waals surface area contributed by atoms with E-state index in [1.807, 2.05) is 0 Å². The fraction of sp³-hybridized carbons (Fsp3) is 0. The highest BCUT2D eigenvalue weighted by atomic mass is 32.2. The summed E-state index contributed by atoms with van der Waals surface area (Å²) in [7, 11) is 0. The van der Waals surface area contributed by atoms with Gasteiger partial charge in [0.1, 0.15) is 0 Å². The molecule has 1 aliphatic rings. The number of fused-ring (bicyclic) bond motifs is 1. The molecule has 64 valence electrons. The van der Waals surface area contributed by atoms with Gasteiger partial charge in [-0.1, -0.05) is 0 Å². The lowest BCUT2D eigenvalue weighted by Crippen LogP contribution is -1.96. The molecule has 0 spiro atoms. The van der Waals surface area contributed by atoms with Crippen molar-refractivity contribution < 1.29 is 22.8 Å². The number of benzene rings is 1. The van der Waals surface area contributed by atoms with Crippen LogP contribution in [0.5, 0.6) is 23.0 Å². The average Bonchev–Trinajstić information content (AvgIpc) is 2.39. The van der Waals surface area contributed by atoms with E-state index >= 15 is 0 Å². The Balaban J connectivity index is 2.61. The molecular formula is C6H4O5S. The molecule has 0 aromatic heterocycles. The number of aromatic hydroxyl groups is 2. The number of phenolic OH excluding ortho intramolecular Hbond substituents is 2. The molecule has 5 nitrogen and oxygen atoms in total. The molecule has 0 bridgehead atoms. The van der Waals surface area contributed by atoms with Crippen LogP contribution in [0.25, 0.3) is 0 Å². The molecule has 0 fully saturated rings. The van der Waals surface area contributed by atoms with E-state index in [4.69, 9.17) is 10.2 Å². The highest BCUT2D eigenvalue weighted by Crippen LogP contribution is 2.46. The van der Waals surface area contributed by atoms with Gasteiger partial charge in [-0.25, -0.2) is 0 Å². The van der Waals surface area contributed by atoms with Crippen molar-refractivity contribution in [1.82, 2.24) is 0 Å². The molecule has 0 aliphatic carbocycles. The molecule has 2 rings (SSSR count). The van der Waals surface area contributed by atoms with E-state index in [0.29, 0.717) is 0 Å². The van der Waals surface area contributed by atoms with Crippen molar-refractivity contribution in [1.29, 1.82) is 0 Å². The molecule has 6 heteroatoms. The number of hydrogen-bond acceptors (Lipinski definition) is 5. The first-order chi connectivity index (χ1) is 5.68. The maximum Gasteiger partial charge on any atom is 0.418 e. The summed E-state index contributed by atoms with van der Waals surface area (Å²) in [5.41, 5.74) is 0. The van der Waals surface area contributed by atoms with E-state index in [2.05, 4.69) is 8.37 Å². The topological polar surface area (TPSA) is 76.0 Å². The predicted molar refractivity (Wildman–Crippen MR) is 39.2 cm³/mol. The smallest absolute Gasteiger partial charge is 0.418 e. The maximum absolute atomic E-state index is 10.6. The van der Waals surface area contributed by atoms with E-state index in [1.54, 1.807) is 0 Å². The second kappa shape index (κ2) is 2.28. The van der Waals surface area contributed by atoms with Crippen LogP contribution in [0, 0.1) is 0 Å². The molecule has 1 unspecified atom stereocenters. The van der Waals surface area contributed by atoms with E-state index < -0.39 is 17.1 Å². The molecule has 0 radical (unpaired) electrons. The fourth-order valence-electron chi connectivity index (χ4n) is 0.847. The van der Waals surface area contributed by atoms with Gasteiger partial charge in [-0.3, -0.25) is 0 Å². The van der Waals surface area contributed by atoms with Gasteiger partial charge in [0, 0.05) is 0 Å². The monoisotopic (exact) mass is 188 g/mol. The van der Waals surface area contributed by atoms with Gasteiger partial charge in [-0.2, -0.15) is 4.21 Å². The van der Waals surface area contributed by atoms with E-state index in [1.165, 1.54) is 12.1 Å². The molecule has 1 aromatic rings. The summed E-state index contributed by atoms with van der Waals surface area (Å²) >= 11 is -1.91. The summed E-state index contributed by atoms with van der Waals surface area (Å²) in [6, 6.07) is 2.58. The van der Waals surface area contributed by atoms with Gasteiger partial charge in [0.2, 0.25) is 11.5 Å². The van der Waals surface area contributed by atoms with E-state index in [9.17, 15) is 4.21 Å². The summed E-state index contributed by atoms with van der Waals surface area (Å²) < 4.78 is 19.8. The minimum absolute atomic E-state index is 0.0895. The van der Waals surface area contributed by atoms with Gasteiger partial charge in [-0.05, 0) is 12.1 Å². The lowest BCUT2D eigenvalue weighted by molar-refractivity contribution is 0.390. The van der Waals surface area contributed by atoms with Crippen LogP contribution in [0.2, 0.25) is 0 Å². The van der Waals surface area contributed by atoms with Crippen molar-refractivity contribution in [2.75, 3.05) is 0 Å². The van der Waals surface area contributed by atoms with Crippen molar-refractivity contribution in [3.05, 3.63) is 12.1 Å². The Labute approximate surface area is 70.0 Å². The second-order valence-corrected chi connectivity index (χ2v) is 2.87. The van der Waals surface area contributed by atoms with Gasteiger partial charge < -0.3 is 18.6 Å². The van der Waals surface area contributed by atoms with Crippen molar-refractivity contribution in [3.8, 4) is 23.0 Å². The van der Waals surface area contributed by atoms with Crippen molar-refractivity contribution >= 4 is 11.4 Å². The predicted octanol–water partition coefficient (Wildman–Crippen LogP) is 0.448. The summed E-state index contributed by atoms with van der Waals surface area (Å²) in [4.78, 5) is 0. The third-order valence-electron chi connectivity index (χ3n) is 1.38. The zero-order valence-electron chi connectivity index (χ0n) is 5.68. The fourth-order valence-corrected chi connectivity index (χ4v) is 1.46. The lowest BCUT2D eigenvalue weighted by atomic mass is 10.3. The van der Waals surface area contributed by atoms with Gasteiger partial charge in [0.25, 0.3) is 0 Å². The molecule has 0 saturated carbocycles. The Morgan fingerprint density at radius 1 is 1.25 bits per heavy atom. The number of phenols is 2. The SMILES string of the molecule is O=S1Oc2ccc(O)c(O)c2O1. The summed E-state index contributed by atoms with van der Waals surface area (Å²) in [5.74, 6) is -0.730. The quantitative estimate of drug-likeness (QED) is 0.578. The molecular weight excluding hydrogens is 184 g/mol. The minimum atomic E-state index is -1.91. The van der Waals surface area contributed by atoms with Crippen molar-refractivity contribution in [2.24, 2.45) is 0 Å². The summed E-state index contributed by atoms with van der Waals surface area (Å²) in [6.45, 7) is 0. The van der Waals surface area contributed by atoms with Crippen molar-refractivity contribution in [3.63, 3.8) is 0 Å². The maximum atomic E-state index is 10.6. The molecule has 2 N–H and O–H groups in total. The Morgan fingerprint density at radius 2 is 2.00 bits per heavy atom. The van der Waals surface area contributed by atoms with E-state index in [-0.39, 0.29) is 17.2 Å². The zero-order valence-corrected chi connectivity index (χ0v) is 6.50. The molecule has 12 heavy (non-hydrogen) atoms. The average molecular weight is 188 g/mol. The van der Waals surface area contributed by atoms with Gasteiger partial charge >= 0.3 is 11.4 Å². The molecule has 1 atom stereocenters. The standard InChI is InChI=1S/C6H4O5S/c7-3-1-2-4-6(5(3)8)11-12(9)10-4/h1-2,7-8H. The zero-order chi connectivity index (χ0) is 8.72. The Bertz CT molecular complexity index is 361. The number of rotatable bonds is 0. The largest absolute Gasteiger partial charge is 0.504 e. The third-order valence-corrected chi connectivity index (χ3v) is 2.00. The van der Waals surface area contributed by atoms with Crippen LogP contribution in [0.15, 0.2) is 12.1 Å².